The third kappa shape index (κ3) is 23.6. The van der Waals surface area contributed by atoms with E-state index in [0.29, 0.717) is 19.6 Å². The molecule has 0 fully saturated rings. The lowest BCUT2D eigenvalue weighted by molar-refractivity contribution is 0.160. The zero-order chi connectivity index (χ0) is 13.0. The van der Waals surface area contributed by atoms with Crippen molar-refractivity contribution in [3.8, 4) is 0 Å². The van der Waals surface area contributed by atoms with Crippen molar-refractivity contribution in [3.63, 3.8) is 0 Å². The lowest BCUT2D eigenvalue weighted by atomic mass is 10.3. The van der Waals surface area contributed by atoms with E-state index >= 15 is 0 Å². The van der Waals surface area contributed by atoms with E-state index in [9.17, 15) is 0 Å². The lowest BCUT2D eigenvalue weighted by Gasteiger charge is -2.19. The zero-order valence-corrected chi connectivity index (χ0v) is 9.96. The van der Waals surface area contributed by atoms with Crippen molar-refractivity contribution in [3.05, 3.63) is 0 Å². The van der Waals surface area contributed by atoms with Crippen LogP contribution in [0.4, 0.5) is 0 Å². The van der Waals surface area contributed by atoms with Crippen molar-refractivity contribution in [1.82, 2.24) is 4.90 Å². The molecule has 0 unspecified atom stereocenters. The molecule has 0 heterocycles. The van der Waals surface area contributed by atoms with Gasteiger partial charge in [0.05, 0.1) is 13.2 Å². The van der Waals surface area contributed by atoms with Crippen LogP contribution in [0, 0.1) is 0 Å². The Bertz CT molecular complexity index is 173. The van der Waals surface area contributed by atoms with E-state index in [1.807, 2.05) is 4.90 Å². The summed E-state index contributed by atoms with van der Waals surface area (Å²) < 4.78 is 8.88. The summed E-state index contributed by atoms with van der Waals surface area (Å²) in [4.78, 5) is 23.6. The summed E-state index contributed by atoms with van der Waals surface area (Å²) in [5, 5.41) is 17.2. The molecule has 0 aliphatic rings. The fraction of sp³-hybridized carbons (Fsp3) is 1.00. The van der Waals surface area contributed by atoms with Crippen molar-refractivity contribution in [2.75, 3.05) is 39.4 Å². The standard InChI is InChI=1S/C7H18N2O2.H3O4P/c8-2-1-3-9(4-6-10)5-7-11;1-5(2,3)4/h10-11H,1-8H2;(H3,1,2,3,4). The average molecular weight is 260 g/mol. The number of nitrogens with two attached hydrogens (primary N) is 1. The Hall–Kier alpha value is -0.0500. The fourth-order valence-electron chi connectivity index (χ4n) is 0.933. The predicted molar refractivity (Wildman–Crippen MR) is 58.5 cm³/mol. The SMILES string of the molecule is NCCCN(CCO)CCO.O=P(O)(O)O. The van der Waals surface area contributed by atoms with Gasteiger partial charge in [0.25, 0.3) is 0 Å². The van der Waals surface area contributed by atoms with Crippen LogP contribution in [0.3, 0.4) is 0 Å². The average Bonchev–Trinajstić information content (AvgIpc) is 2.12. The van der Waals surface area contributed by atoms with Gasteiger partial charge in [0.1, 0.15) is 0 Å². The van der Waals surface area contributed by atoms with Crippen molar-refractivity contribution in [2.45, 2.75) is 6.42 Å². The lowest BCUT2D eigenvalue weighted by Crippen LogP contribution is -2.31. The highest BCUT2D eigenvalue weighted by Crippen LogP contribution is 2.25. The Labute approximate surface area is 94.6 Å². The number of aliphatic hydroxyl groups excluding tert-OH is 2. The maximum absolute atomic E-state index is 8.88. The van der Waals surface area contributed by atoms with Gasteiger partial charge < -0.3 is 30.6 Å². The molecule has 0 radical (unpaired) electrons. The molecular formula is C7H21N2O6P. The molecule has 0 aromatic heterocycles. The molecule has 9 heteroatoms. The van der Waals surface area contributed by atoms with Gasteiger partial charge in [-0.1, -0.05) is 0 Å². The van der Waals surface area contributed by atoms with E-state index in [4.69, 9.17) is 35.2 Å². The second kappa shape index (κ2) is 11.4. The Morgan fingerprint density at radius 2 is 1.38 bits per heavy atom. The topological polar surface area (TPSA) is 147 Å². The van der Waals surface area contributed by atoms with Gasteiger partial charge in [-0.15, -0.1) is 0 Å². The highest BCUT2D eigenvalue weighted by molar-refractivity contribution is 7.45. The highest BCUT2D eigenvalue weighted by Gasteiger charge is 2.01. The van der Waals surface area contributed by atoms with Gasteiger partial charge in [-0.25, -0.2) is 4.57 Å². The van der Waals surface area contributed by atoms with Gasteiger partial charge in [0.15, 0.2) is 0 Å². The molecule has 0 aromatic rings. The predicted octanol–water partition coefficient (Wildman–Crippen LogP) is -2.31. The van der Waals surface area contributed by atoms with Crippen LogP contribution in [0.5, 0.6) is 0 Å². The number of nitrogens with zero attached hydrogens (tertiary/aromatic N) is 1. The van der Waals surface area contributed by atoms with E-state index in [1.165, 1.54) is 0 Å². The van der Waals surface area contributed by atoms with Crippen LogP contribution >= 0.6 is 7.82 Å². The molecule has 0 saturated heterocycles. The molecule has 100 valence electrons. The van der Waals surface area contributed by atoms with E-state index in [1.54, 1.807) is 0 Å². The largest absolute Gasteiger partial charge is 0.466 e. The van der Waals surface area contributed by atoms with Gasteiger partial charge in [-0.05, 0) is 19.5 Å². The summed E-state index contributed by atoms with van der Waals surface area (Å²) in [6, 6.07) is 0. The minimum atomic E-state index is -4.64. The second-order valence-electron chi connectivity index (χ2n) is 2.94. The molecule has 0 aliphatic carbocycles. The van der Waals surface area contributed by atoms with Gasteiger partial charge in [-0.2, -0.15) is 0 Å². The maximum atomic E-state index is 8.88. The van der Waals surface area contributed by atoms with E-state index in [0.717, 1.165) is 13.0 Å². The van der Waals surface area contributed by atoms with Crippen LogP contribution in [0.2, 0.25) is 0 Å². The molecule has 0 saturated carbocycles. The Balaban J connectivity index is 0. The number of aliphatic hydroxyl groups is 2. The molecule has 0 amide bonds. The Kier molecular flexibility index (Phi) is 13.1. The summed E-state index contributed by atoms with van der Waals surface area (Å²) in [6.45, 7) is 3.06. The molecule has 0 aliphatic heterocycles. The summed E-state index contributed by atoms with van der Waals surface area (Å²) in [6.07, 6.45) is 0.917. The molecular weight excluding hydrogens is 239 g/mol. The number of hydrogen-bond donors (Lipinski definition) is 6. The van der Waals surface area contributed by atoms with Crippen molar-refractivity contribution >= 4 is 7.82 Å². The third-order valence-corrected chi connectivity index (χ3v) is 1.51. The Morgan fingerprint density at radius 3 is 1.62 bits per heavy atom. The molecule has 16 heavy (non-hydrogen) atoms. The minimum Gasteiger partial charge on any atom is -0.395 e. The quantitative estimate of drug-likeness (QED) is 0.280. The van der Waals surface area contributed by atoms with Crippen LogP contribution in [0.1, 0.15) is 6.42 Å². The van der Waals surface area contributed by atoms with Crippen LogP contribution in [0.25, 0.3) is 0 Å². The van der Waals surface area contributed by atoms with Crippen LogP contribution in [0.15, 0.2) is 0 Å². The van der Waals surface area contributed by atoms with Gasteiger partial charge in [0.2, 0.25) is 0 Å². The first-order chi connectivity index (χ1) is 7.35. The molecule has 7 N–H and O–H groups in total. The van der Waals surface area contributed by atoms with Crippen molar-refractivity contribution < 1.29 is 29.5 Å². The summed E-state index contributed by atoms with van der Waals surface area (Å²) in [5.41, 5.74) is 5.32. The second-order valence-corrected chi connectivity index (χ2v) is 3.97. The highest BCUT2D eigenvalue weighted by atomic mass is 31.2. The molecule has 0 rings (SSSR count). The first-order valence-electron chi connectivity index (χ1n) is 4.77. The first kappa shape index (κ1) is 18.3. The fourth-order valence-corrected chi connectivity index (χ4v) is 0.933. The van der Waals surface area contributed by atoms with Crippen LogP contribution in [-0.2, 0) is 4.57 Å². The molecule has 0 aromatic carbocycles. The molecule has 0 atom stereocenters. The van der Waals surface area contributed by atoms with Gasteiger partial charge >= 0.3 is 7.82 Å². The summed E-state index contributed by atoms with van der Waals surface area (Å²) in [5.74, 6) is 0. The van der Waals surface area contributed by atoms with Gasteiger partial charge in [-0.3, -0.25) is 4.90 Å². The number of rotatable bonds is 7. The third-order valence-electron chi connectivity index (χ3n) is 1.51. The van der Waals surface area contributed by atoms with E-state index in [2.05, 4.69) is 0 Å². The zero-order valence-electron chi connectivity index (χ0n) is 9.07. The van der Waals surface area contributed by atoms with Crippen LogP contribution in [-0.4, -0.2) is 69.2 Å². The molecule has 0 spiro atoms. The number of hydrogen-bond acceptors (Lipinski definition) is 5. The van der Waals surface area contributed by atoms with Gasteiger partial charge in [0, 0.05) is 13.1 Å². The normalized spacial score (nSPS) is 11.2. The van der Waals surface area contributed by atoms with E-state index < -0.39 is 7.82 Å². The minimum absolute atomic E-state index is 0.143. The van der Waals surface area contributed by atoms with Crippen molar-refractivity contribution in [1.29, 1.82) is 0 Å². The smallest absolute Gasteiger partial charge is 0.395 e. The Morgan fingerprint density at radius 1 is 1.00 bits per heavy atom. The van der Waals surface area contributed by atoms with Crippen molar-refractivity contribution in [2.24, 2.45) is 5.73 Å². The molecule has 0 bridgehead atoms. The number of phosphoric acid groups is 1. The first-order valence-corrected chi connectivity index (χ1v) is 6.34. The summed E-state index contributed by atoms with van der Waals surface area (Å²) >= 11 is 0. The summed E-state index contributed by atoms with van der Waals surface area (Å²) in [7, 11) is -4.64. The molecule has 8 nitrogen and oxygen atoms in total. The van der Waals surface area contributed by atoms with E-state index in [-0.39, 0.29) is 13.2 Å². The monoisotopic (exact) mass is 260 g/mol. The maximum Gasteiger partial charge on any atom is 0.466 e. The van der Waals surface area contributed by atoms with Crippen LogP contribution < -0.4 is 5.73 Å².